The summed E-state index contributed by atoms with van der Waals surface area (Å²) < 4.78 is 3.60. The molecule has 208 valence electrons. The van der Waals surface area contributed by atoms with Gasteiger partial charge in [-0.2, -0.15) is 0 Å². The van der Waals surface area contributed by atoms with Crippen LogP contribution >= 0.6 is 11.9 Å². The molecule has 1 aromatic heterocycles. The Bertz CT molecular complexity index is 1160. The van der Waals surface area contributed by atoms with Crippen molar-refractivity contribution in [2.45, 2.75) is 69.9 Å². The van der Waals surface area contributed by atoms with Gasteiger partial charge in [-0.05, 0) is 103 Å². The zero-order valence-corrected chi connectivity index (χ0v) is 24.8. The molecule has 38 heavy (non-hydrogen) atoms. The number of rotatable bonds is 7. The molecular weight excluding hydrogens is 496 g/mol. The maximum atomic E-state index is 12.6. The van der Waals surface area contributed by atoms with E-state index in [4.69, 9.17) is 4.98 Å². The number of pyridine rings is 1. The Balaban J connectivity index is 0.000000515. The quantitative estimate of drug-likeness (QED) is 0.392. The number of nitrogens with zero attached hydrogens (tertiary/aromatic N) is 4. The van der Waals surface area contributed by atoms with Crippen LogP contribution in [0.5, 0.6) is 0 Å². The van der Waals surface area contributed by atoms with Gasteiger partial charge in [0.25, 0.3) is 0 Å². The first-order chi connectivity index (χ1) is 18.1. The molecule has 8 nitrogen and oxygen atoms in total. The second-order valence-electron chi connectivity index (χ2n) is 11.7. The van der Waals surface area contributed by atoms with E-state index in [1.54, 1.807) is 11.9 Å². The molecule has 1 aromatic carbocycles. The Hall–Kier alpha value is -2.36. The topological polar surface area (TPSA) is 80.8 Å². The fraction of sp³-hybridized carbons (Fsp3) is 0.621. The molecule has 4 aliphatic rings. The van der Waals surface area contributed by atoms with Crippen LogP contribution in [-0.4, -0.2) is 79.5 Å². The van der Waals surface area contributed by atoms with E-state index in [-0.39, 0.29) is 22.9 Å². The van der Waals surface area contributed by atoms with E-state index < -0.39 is 0 Å². The van der Waals surface area contributed by atoms with Gasteiger partial charge in [-0.3, -0.25) is 14.3 Å². The number of hydrogen-bond acceptors (Lipinski definition) is 7. The van der Waals surface area contributed by atoms with Gasteiger partial charge in [0.1, 0.15) is 5.82 Å². The third-order valence-electron chi connectivity index (χ3n) is 7.71. The van der Waals surface area contributed by atoms with Crippen LogP contribution in [0.15, 0.2) is 29.2 Å². The Morgan fingerprint density at radius 3 is 2.37 bits per heavy atom. The van der Waals surface area contributed by atoms with Crippen LogP contribution in [0.25, 0.3) is 10.9 Å². The minimum atomic E-state index is -0.0719. The zero-order chi connectivity index (χ0) is 27.7. The van der Waals surface area contributed by atoms with Crippen molar-refractivity contribution in [1.82, 2.24) is 19.5 Å². The van der Waals surface area contributed by atoms with Crippen LogP contribution in [0, 0.1) is 11.3 Å². The highest BCUT2D eigenvalue weighted by Crippen LogP contribution is 2.75. The summed E-state index contributed by atoms with van der Waals surface area (Å²) in [5.41, 5.74) is 2.17. The molecule has 0 unspecified atom stereocenters. The van der Waals surface area contributed by atoms with Gasteiger partial charge in [0.15, 0.2) is 0 Å². The number of amides is 2. The van der Waals surface area contributed by atoms with Crippen molar-refractivity contribution >= 4 is 46.7 Å². The lowest BCUT2D eigenvalue weighted by molar-refractivity contribution is -0.120. The van der Waals surface area contributed by atoms with Crippen LogP contribution in [-0.2, 0) is 9.59 Å². The molecule has 0 spiro atoms. The first kappa shape index (κ1) is 28.6. The summed E-state index contributed by atoms with van der Waals surface area (Å²) >= 11 is 1.66. The smallest absolute Gasteiger partial charge is 0.232 e. The molecule has 1 atom stereocenters. The first-order valence-electron chi connectivity index (χ1n) is 13.9. The molecule has 2 heterocycles. The molecule has 2 N–H and O–H groups in total. The summed E-state index contributed by atoms with van der Waals surface area (Å²) in [6.45, 7) is 10.6. The first-order valence-corrected chi connectivity index (χ1v) is 14.7. The Morgan fingerprint density at radius 2 is 1.82 bits per heavy atom. The van der Waals surface area contributed by atoms with Gasteiger partial charge >= 0.3 is 0 Å². The third-order valence-corrected chi connectivity index (χ3v) is 8.77. The van der Waals surface area contributed by atoms with Crippen molar-refractivity contribution in [2.24, 2.45) is 11.3 Å². The molecule has 0 radical (unpaired) electrons. The summed E-state index contributed by atoms with van der Waals surface area (Å²) in [4.78, 5) is 36.1. The number of fused-ring (bicyclic) bond motifs is 2. The molecule has 6 rings (SSSR count). The number of piperazine rings is 1. The van der Waals surface area contributed by atoms with E-state index >= 15 is 0 Å². The van der Waals surface area contributed by atoms with Crippen molar-refractivity contribution in [1.29, 1.82) is 0 Å². The SMILES string of the molecule is CC.CN(C)C.C[C@H]1CN(c2cc(SNC3(C)CC3)cc3nc(NC(=O)C45CC4C5)ccc23)CCN1C=O. The minimum absolute atomic E-state index is 0.0719. The number of hydrogen-bond donors (Lipinski definition) is 2. The largest absolute Gasteiger partial charge is 0.367 e. The summed E-state index contributed by atoms with van der Waals surface area (Å²) in [7, 11) is 6.00. The Kier molecular flexibility index (Phi) is 8.59. The molecule has 9 heteroatoms. The zero-order valence-electron chi connectivity index (χ0n) is 24.0. The van der Waals surface area contributed by atoms with Crippen LogP contribution in [0.4, 0.5) is 11.5 Å². The predicted molar refractivity (Wildman–Crippen MR) is 158 cm³/mol. The van der Waals surface area contributed by atoms with Crippen LogP contribution in [0.3, 0.4) is 0 Å². The van der Waals surface area contributed by atoms with Crippen molar-refractivity contribution in [3.63, 3.8) is 0 Å². The van der Waals surface area contributed by atoms with Crippen LogP contribution in [0.1, 0.15) is 53.4 Å². The third kappa shape index (κ3) is 6.43. The van der Waals surface area contributed by atoms with Gasteiger partial charge in [-0.15, -0.1) is 0 Å². The maximum Gasteiger partial charge on any atom is 0.232 e. The lowest BCUT2D eigenvalue weighted by Crippen LogP contribution is -2.51. The van der Waals surface area contributed by atoms with Crippen LogP contribution in [0.2, 0.25) is 0 Å². The van der Waals surface area contributed by atoms with Crippen molar-refractivity contribution in [3.05, 3.63) is 24.3 Å². The molecule has 1 saturated heterocycles. The molecule has 1 aliphatic heterocycles. The van der Waals surface area contributed by atoms with Crippen molar-refractivity contribution < 1.29 is 9.59 Å². The predicted octanol–water partition coefficient (Wildman–Crippen LogP) is 4.60. The molecule has 2 amide bonds. The van der Waals surface area contributed by atoms with Gasteiger partial charge in [-0.1, -0.05) is 13.8 Å². The van der Waals surface area contributed by atoms with Gasteiger partial charge < -0.3 is 20.0 Å². The molecule has 4 fully saturated rings. The lowest BCUT2D eigenvalue weighted by atomic mass is 10.1. The summed E-state index contributed by atoms with van der Waals surface area (Å²) in [5, 5.41) is 4.13. The van der Waals surface area contributed by atoms with E-state index in [0.29, 0.717) is 18.3 Å². The highest BCUT2D eigenvalue weighted by molar-refractivity contribution is 7.97. The van der Waals surface area contributed by atoms with E-state index in [1.807, 2.05) is 50.9 Å². The van der Waals surface area contributed by atoms with Crippen molar-refractivity contribution in [3.8, 4) is 0 Å². The van der Waals surface area contributed by atoms with Gasteiger partial charge in [0.05, 0.1) is 10.9 Å². The second kappa shape index (κ2) is 11.4. The Labute approximate surface area is 232 Å². The molecule has 3 aliphatic carbocycles. The number of aromatic nitrogens is 1. The van der Waals surface area contributed by atoms with E-state index in [2.05, 4.69) is 47.0 Å². The van der Waals surface area contributed by atoms with Crippen LogP contribution < -0.4 is 14.9 Å². The number of anilines is 2. The van der Waals surface area contributed by atoms with Gasteiger partial charge in [0.2, 0.25) is 12.3 Å². The average molecular weight is 541 g/mol. The number of nitrogens with one attached hydrogen (secondary N) is 2. The van der Waals surface area contributed by atoms with E-state index in [1.165, 1.54) is 12.8 Å². The fourth-order valence-electron chi connectivity index (χ4n) is 4.71. The fourth-order valence-corrected chi connectivity index (χ4v) is 5.62. The molecule has 3 saturated carbocycles. The molecule has 2 aromatic rings. The Morgan fingerprint density at radius 1 is 1.16 bits per heavy atom. The number of benzene rings is 1. The summed E-state index contributed by atoms with van der Waals surface area (Å²) in [6, 6.07) is 8.49. The monoisotopic (exact) mass is 540 g/mol. The normalized spacial score (nSPS) is 25.9. The minimum Gasteiger partial charge on any atom is -0.367 e. The number of carbonyl (C=O) groups excluding carboxylic acids is 2. The summed E-state index contributed by atoms with van der Waals surface area (Å²) in [6.07, 6.45) is 5.41. The van der Waals surface area contributed by atoms with E-state index in [0.717, 1.165) is 53.8 Å². The van der Waals surface area contributed by atoms with E-state index in [9.17, 15) is 9.59 Å². The second-order valence-corrected chi connectivity index (χ2v) is 12.5. The lowest BCUT2D eigenvalue weighted by Gasteiger charge is -2.39. The van der Waals surface area contributed by atoms with Gasteiger partial charge in [0, 0.05) is 47.2 Å². The maximum absolute atomic E-state index is 12.6. The van der Waals surface area contributed by atoms with Crippen molar-refractivity contribution in [2.75, 3.05) is 51.0 Å². The highest BCUT2D eigenvalue weighted by atomic mass is 32.2. The molecule has 0 bridgehead atoms. The standard InChI is InChI=1S/C24H29N5O2S.C3H9N.C2H6/c1-15-13-28(7-8-29(15)14-30)20-10-17(32-27-23(2)5-6-23)9-19-18(20)3-4-21(25-19)26-22(31)24-11-16(24)12-24;1-4(2)3;1-2/h3-4,9-10,14-16,27H,5-8,11-13H2,1-2H3,(H,25,26,31);1-3H3;1-2H3/t15-,16?,24?;;/m0../s1. The van der Waals surface area contributed by atoms with Gasteiger partial charge in [-0.25, -0.2) is 4.98 Å². The highest BCUT2D eigenvalue weighted by Gasteiger charge is 2.74. The average Bonchev–Trinajstić information content (AvgIpc) is 3.80. The molecular formula is C29H44N6O2S. The number of carbonyl (C=O) groups is 2. The summed E-state index contributed by atoms with van der Waals surface area (Å²) in [5.74, 6) is 1.37.